The van der Waals surface area contributed by atoms with E-state index in [-0.39, 0.29) is 23.7 Å². The minimum atomic E-state index is -0.623. The van der Waals surface area contributed by atoms with E-state index < -0.39 is 11.7 Å². The van der Waals surface area contributed by atoms with Crippen molar-refractivity contribution in [3.05, 3.63) is 59.2 Å². The van der Waals surface area contributed by atoms with Crippen LogP contribution in [0.4, 0.5) is 10.2 Å². The Morgan fingerprint density at radius 1 is 1.19 bits per heavy atom. The average Bonchev–Trinajstić information content (AvgIpc) is 3.68. The van der Waals surface area contributed by atoms with E-state index in [9.17, 15) is 14.0 Å². The van der Waals surface area contributed by atoms with Crippen LogP contribution in [-0.4, -0.2) is 31.4 Å². The maximum absolute atomic E-state index is 14.6. The molecule has 0 unspecified atom stereocenters. The Morgan fingerprint density at radius 3 is 2.74 bits per heavy atom. The van der Waals surface area contributed by atoms with Crippen molar-refractivity contribution in [2.75, 3.05) is 5.32 Å². The minimum Gasteiger partial charge on any atom is -0.309 e. The number of nitrogens with one attached hydrogen (secondary N) is 1. The first-order chi connectivity index (χ1) is 15.0. The molecule has 2 saturated carbocycles. The SMILES string of the molecule is Cc1cc(F)c(C(=O)Nc2cccc(-c3nncn3C3CC3)n2)cc1CC(=O)C1CC1. The van der Waals surface area contributed by atoms with Gasteiger partial charge in [0.1, 0.15) is 29.4 Å². The van der Waals surface area contributed by atoms with Crippen molar-refractivity contribution in [3.63, 3.8) is 0 Å². The maximum Gasteiger partial charge on any atom is 0.259 e. The van der Waals surface area contributed by atoms with Crippen molar-refractivity contribution in [2.24, 2.45) is 5.92 Å². The van der Waals surface area contributed by atoms with Gasteiger partial charge in [-0.25, -0.2) is 9.37 Å². The number of anilines is 1. The summed E-state index contributed by atoms with van der Waals surface area (Å²) < 4.78 is 16.5. The predicted molar refractivity (Wildman–Crippen MR) is 112 cm³/mol. The summed E-state index contributed by atoms with van der Waals surface area (Å²) in [6.07, 6.45) is 5.92. The number of Topliss-reactive ketones (excluding diaryl/α,β-unsaturated/α-hetero) is 1. The Balaban J connectivity index is 1.37. The van der Waals surface area contributed by atoms with Gasteiger partial charge in [-0.1, -0.05) is 6.07 Å². The fourth-order valence-electron chi connectivity index (χ4n) is 3.68. The van der Waals surface area contributed by atoms with Gasteiger partial charge in [-0.3, -0.25) is 9.59 Å². The molecule has 2 aliphatic rings. The molecule has 0 radical (unpaired) electrons. The zero-order chi connectivity index (χ0) is 21.5. The van der Waals surface area contributed by atoms with Gasteiger partial charge in [-0.2, -0.15) is 0 Å². The molecule has 8 heteroatoms. The molecular weight excluding hydrogens is 397 g/mol. The monoisotopic (exact) mass is 419 g/mol. The Labute approximate surface area is 178 Å². The highest BCUT2D eigenvalue weighted by Gasteiger charge is 2.30. The zero-order valence-corrected chi connectivity index (χ0v) is 17.1. The van der Waals surface area contributed by atoms with Crippen LogP contribution in [0, 0.1) is 18.7 Å². The number of hydrogen-bond acceptors (Lipinski definition) is 5. The Bertz CT molecular complexity index is 1180. The number of aromatic nitrogens is 4. The molecule has 0 spiro atoms. The summed E-state index contributed by atoms with van der Waals surface area (Å²) in [5.74, 6) is -0.0286. The summed E-state index contributed by atoms with van der Waals surface area (Å²) in [7, 11) is 0. The van der Waals surface area contributed by atoms with Crippen LogP contribution in [0.3, 0.4) is 0 Å². The molecule has 0 saturated heterocycles. The van der Waals surface area contributed by atoms with Crippen molar-refractivity contribution < 1.29 is 14.0 Å². The van der Waals surface area contributed by atoms with Gasteiger partial charge in [0, 0.05) is 18.4 Å². The Morgan fingerprint density at radius 2 is 2.00 bits per heavy atom. The molecule has 1 amide bonds. The minimum absolute atomic E-state index is 0.0995. The van der Waals surface area contributed by atoms with Crippen molar-refractivity contribution in [1.29, 1.82) is 0 Å². The topological polar surface area (TPSA) is 89.8 Å². The second-order valence-corrected chi connectivity index (χ2v) is 8.33. The summed E-state index contributed by atoms with van der Waals surface area (Å²) in [5.41, 5.74) is 1.84. The van der Waals surface area contributed by atoms with Crippen molar-refractivity contribution in [2.45, 2.75) is 45.1 Å². The number of aryl methyl sites for hydroxylation is 1. The molecule has 0 atom stereocenters. The zero-order valence-electron chi connectivity index (χ0n) is 17.1. The summed E-state index contributed by atoms with van der Waals surface area (Å²) >= 11 is 0. The van der Waals surface area contributed by atoms with E-state index >= 15 is 0 Å². The molecule has 2 aromatic heterocycles. The number of benzene rings is 1. The lowest BCUT2D eigenvalue weighted by molar-refractivity contribution is -0.119. The number of hydrogen-bond donors (Lipinski definition) is 1. The van der Waals surface area contributed by atoms with Gasteiger partial charge in [-0.05, 0) is 68.0 Å². The van der Waals surface area contributed by atoms with Gasteiger partial charge in [-0.15, -0.1) is 10.2 Å². The van der Waals surface area contributed by atoms with E-state index in [2.05, 4.69) is 20.5 Å². The maximum atomic E-state index is 14.6. The molecule has 0 aliphatic heterocycles. The molecule has 31 heavy (non-hydrogen) atoms. The first kappa shape index (κ1) is 19.5. The summed E-state index contributed by atoms with van der Waals surface area (Å²) in [5, 5.41) is 10.8. The number of carbonyl (C=O) groups is 2. The third-order valence-corrected chi connectivity index (χ3v) is 5.80. The standard InChI is InChI=1S/C23H22FN5O2/c1-13-9-18(24)17(10-15(13)11-20(30)14-5-6-14)23(31)27-21-4-2-3-19(26-21)22-28-25-12-29(22)16-7-8-16/h2-4,9-10,12,14,16H,5-8,11H2,1H3,(H,26,27,31). The highest BCUT2D eigenvalue weighted by Crippen LogP contribution is 2.37. The Hall–Kier alpha value is -3.42. The smallest absolute Gasteiger partial charge is 0.259 e. The van der Waals surface area contributed by atoms with Gasteiger partial charge >= 0.3 is 0 Å². The quantitative estimate of drug-likeness (QED) is 0.627. The normalized spacial score (nSPS) is 15.7. The van der Waals surface area contributed by atoms with Crippen molar-refractivity contribution >= 4 is 17.5 Å². The second kappa shape index (κ2) is 7.68. The van der Waals surface area contributed by atoms with Crippen LogP contribution in [0.2, 0.25) is 0 Å². The van der Waals surface area contributed by atoms with Crippen LogP contribution in [0.25, 0.3) is 11.5 Å². The lowest BCUT2D eigenvalue weighted by Crippen LogP contribution is -2.16. The highest BCUT2D eigenvalue weighted by molar-refractivity contribution is 6.04. The molecule has 1 aromatic carbocycles. The van der Waals surface area contributed by atoms with E-state index in [4.69, 9.17) is 0 Å². The van der Waals surface area contributed by atoms with Gasteiger partial charge in [0.05, 0.1) is 5.56 Å². The van der Waals surface area contributed by atoms with Gasteiger partial charge in [0.25, 0.3) is 5.91 Å². The molecule has 2 aliphatic carbocycles. The van der Waals surface area contributed by atoms with Crippen LogP contribution >= 0.6 is 0 Å². The van der Waals surface area contributed by atoms with Crippen molar-refractivity contribution in [3.8, 4) is 11.5 Å². The highest BCUT2D eigenvalue weighted by atomic mass is 19.1. The Kier molecular flexibility index (Phi) is 4.84. The molecule has 1 N–H and O–H groups in total. The van der Waals surface area contributed by atoms with E-state index in [0.29, 0.717) is 34.5 Å². The lowest BCUT2D eigenvalue weighted by Gasteiger charge is -2.11. The largest absolute Gasteiger partial charge is 0.309 e. The molecule has 2 heterocycles. The fourth-order valence-corrected chi connectivity index (χ4v) is 3.68. The fraction of sp³-hybridized carbons (Fsp3) is 0.348. The first-order valence-corrected chi connectivity index (χ1v) is 10.5. The molecule has 0 bridgehead atoms. The van der Waals surface area contributed by atoms with E-state index in [1.165, 1.54) is 12.1 Å². The van der Waals surface area contributed by atoms with Crippen LogP contribution in [0.15, 0.2) is 36.7 Å². The van der Waals surface area contributed by atoms with Crippen LogP contribution in [0.1, 0.15) is 53.2 Å². The summed E-state index contributed by atoms with van der Waals surface area (Å²) in [6, 6.07) is 8.38. The van der Waals surface area contributed by atoms with Gasteiger partial charge < -0.3 is 9.88 Å². The van der Waals surface area contributed by atoms with E-state index in [0.717, 1.165) is 25.7 Å². The van der Waals surface area contributed by atoms with Gasteiger partial charge in [0.2, 0.25) is 0 Å². The number of nitrogens with zero attached hydrogens (tertiary/aromatic N) is 4. The second-order valence-electron chi connectivity index (χ2n) is 8.33. The number of halogens is 1. The number of amides is 1. The first-order valence-electron chi connectivity index (χ1n) is 10.5. The molecule has 2 fully saturated rings. The van der Waals surface area contributed by atoms with Crippen molar-refractivity contribution in [1.82, 2.24) is 19.7 Å². The predicted octanol–water partition coefficient (Wildman–Crippen LogP) is 3.90. The molecule has 7 nitrogen and oxygen atoms in total. The molecular formula is C23H22FN5O2. The third-order valence-electron chi connectivity index (χ3n) is 5.80. The van der Waals surface area contributed by atoms with E-state index in [1.807, 2.05) is 4.57 Å². The molecule has 158 valence electrons. The lowest BCUT2D eigenvalue weighted by atomic mass is 9.98. The van der Waals surface area contributed by atoms with E-state index in [1.54, 1.807) is 31.5 Å². The molecule has 5 rings (SSSR count). The van der Waals surface area contributed by atoms with Gasteiger partial charge in [0.15, 0.2) is 5.82 Å². The third kappa shape index (κ3) is 4.10. The number of carbonyl (C=O) groups excluding carboxylic acids is 2. The van der Waals surface area contributed by atoms with Crippen LogP contribution in [-0.2, 0) is 11.2 Å². The molecule has 3 aromatic rings. The van der Waals surface area contributed by atoms with Crippen LogP contribution in [0.5, 0.6) is 0 Å². The number of rotatable bonds is 7. The summed E-state index contributed by atoms with van der Waals surface area (Å²) in [4.78, 5) is 29.5. The number of ketones is 1. The van der Waals surface area contributed by atoms with Crippen LogP contribution < -0.4 is 5.32 Å². The summed E-state index contributed by atoms with van der Waals surface area (Å²) in [6.45, 7) is 1.75. The average molecular weight is 419 g/mol. The number of pyridine rings is 1.